The second-order valence-electron chi connectivity index (χ2n) is 6.18. The molecular formula is C16H21N5OS. The van der Waals surface area contributed by atoms with Gasteiger partial charge in [-0.05, 0) is 18.8 Å². The number of nitrogens with zero attached hydrogens (tertiary/aromatic N) is 4. The van der Waals surface area contributed by atoms with E-state index in [1.54, 1.807) is 11.3 Å². The number of amides is 1. The predicted molar refractivity (Wildman–Crippen MR) is 90.5 cm³/mol. The highest BCUT2D eigenvalue weighted by atomic mass is 32.1. The minimum Gasteiger partial charge on any atom is -0.383 e. The topological polar surface area (TPSA) is 85.0 Å². The molecule has 3 heterocycles. The van der Waals surface area contributed by atoms with Crippen LogP contribution < -0.4 is 5.73 Å². The Balaban J connectivity index is 1.75. The Bertz CT molecular complexity index is 699. The normalized spacial score (nSPS) is 18.4. The van der Waals surface area contributed by atoms with Gasteiger partial charge in [0.25, 0.3) is 5.91 Å². The van der Waals surface area contributed by atoms with Gasteiger partial charge in [-0.1, -0.05) is 13.8 Å². The summed E-state index contributed by atoms with van der Waals surface area (Å²) in [5.41, 5.74) is 7.32. The number of nitrogen functional groups attached to an aromatic ring is 1. The number of rotatable bonds is 3. The maximum atomic E-state index is 12.7. The monoisotopic (exact) mass is 331 g/mol. The van der Waals surface area contributed by atoms with Crippen molar-refractivity contribution in [1.29, 1.82) is 0 Å². The third kappa shape index (κ3) is 3.34. The number of aromatic nitrogens is 3. The van der Waals surface area contributed by atoms with Crippen molar-refractivity contribution in [3.63, 3.8) is 0 Å². The number of nitrogens with two attached hydrogens (primary N) is 1. The second kappa shape index (κ2) is 6.62. The standard InChI is InChI=1S/C16H21N5OS/c1-10(2)13-8-23-15(20-13)11-4-3-5-21(7-11)16(22)12-6-18-9-19-14(12)17/h6,8-11H,3-5,7H2,1-2H3,(H2,17,18,19). The maximum Gasteiger partial charge on any atom is 0.259 e. The summed E-state index contributed by atoms with van der Waals surface area (Å²) in [4.78, 5) is 27.1. The van der Waals surface area contributed by atoms with E-state index in [2.05, 4.69) is 29.2 Å². The lowest BCUT2D eigenvalue weighted by molar-refractivity contribution is 0.0707. The molecule has 1 aliphatic rings. The second-order valence-corrected chi connectivity index (χ2v) is 7.07. The third-order valence-electron chi connectivity index (χ3n) is 4.16. The van der Waals surface area contributed by atoms with Crippen LogP contribution in [-0.4, -0.2) is 38.8 Å². The van der Waals surface area contributed by atoms with E-state index < -0.39 is 0 Å². The van der Waals surface area contributed by atoms with Crippen molar-refractivity contribution in [1.82, 2.24) is 19.9 Å². The van der Waals surface area contributed by atoms with Crippen LogP contribution in [0.5, 0.6) is 0 Å². The number of hydrogen-bond donors (Lipinski definition) is 1. The fraction of sp³-hybridized carbons (Fsp3) is 0.500. The lowest BCUT2D eigenvalue weighted by Crippen LogP contribution is -2.39. The minimum absolute atomic E-state index is 0.0894. The van der Waals surface area contributed by atoms with Crippen LogP contribution in [0, 0.1) is 0 Å². The summed E-state index contributed by atoms with van der Waals surface area (Å²) >= 11 is 1.70. The first-order valence-electron chi connectivity index (χ1n) is 7.86. The molecule has 2 aromatic rings. The van der Waals surface area contributed by atoms with Crippen LogP contribution in [0.15, 0.2) is 17.9 Å². The summed E-state index contributed by atoms with van der Waals surface area (Å²) in [6, 6.07) is 0. The maximum absolute atomic E-state index is 12.7. The molecular weight excluding hydrogens is 310 g/mol. The molecule has 0 bridgehead atoms. The van der Waals surface area contributed by atoms with Crippen molar-refractivity contribution in [3.8, 4) is 0 Å². The molecule has 122 valence electrons. The smallest absolute Gasteiger partial charge is 0.259 e. The Morgan fingerprint density at radius 3 is 3.00 bits per heavy atom. The van der Waals surface area contributed by atoms with E-state index in [0.717, 1.165) is 30.1 Å². The van der Waals surface area contributed by atoms with Crippen LogP contribution >= 0.6 is 11.3 Å². The fourth-order valence-electron chi connectivity index (χ4n) is 2.79. The third-order valence-corrected chi connectivity index (χ3v) is 5.19. The van der Waals surface area contributed by atoms with Crippen LogP contribution in [0.3, 0.4) is 0 Å². The molecule has 3 rings (SSSR count). The van der Waals surface area contributed by atoms with E-state index in [0.29, 0.717) is 23.9 Å². The SMILES string of the molecule is CC(C)c1csc(C2CCCN(C(=O)c3cncnc3N)C2)n1. The molecule has 0 radical (unpaired) electrons. The Morgan fingerprint density at radius 1 is 1.48 bits per heavy atom. The van der Waals surface area contributed by atoms with E-state index >= 15 is 0 Å². The van der Waals surface area contributed by atoms with Gasteiger partial charge in [-0.3, -0.25) is 4.79 Å². The molecule has 1 atom stereocenters. The van der Waals surface area contributed by atoms with Gasteiger partial charge in [0, 0.05) is 30.6 Å². The number of hydrogen-bond acceptors (Lipinski definition) is 6. The van der Waals surface area contributed by atoms with E-state index in [1.807, 2.05) is 4.90 Å². The van der Waals surface area contributed by atoms with Gasteiger partial charge in [0.1, 0.15) is 12.1 Å². The van der Waals surface area contributed by atoms with Gasteiger partial charge < -0.3 is 10.6 Å². The first-order chi connectivity index (χ1) is 11.1. The van der Waals surface area contributed by atoms with E-state index in [9.17, 15) is 4.79 Å². The van der Waals surface area contributed by atoms with E-state index in [1.165, 1.54) is 12.5 Å². The summed E-state index contributed by atoms with van der Waals surface area (Å²) in [6.07, 6.45) is 4.89. The zero-order valence-electron chi connectivity index (χ0n) is 13.4. The Hall–Kier alpha value is -2.02. The number of anilines is 1. The average molecular weight is 331 g/mol. The van der Waals surface area contributed by atoms with E-state index in [4.69, 9.17) is 10.7 Å². The van der Waals surface area contributed by atoms with Crippen LogP contribution in [-0.2, 0) is 0 Å². The van der Waals surface area contributed by atoms with Crippen molar-refractivity contribution in [2.75, 3.05) is 18.8 Å². The van der Waals surface area contributed by atoms with Crippen molar-refractivity contribution in [2.45, 2.75) is 38.5 Å². The Morgan fingerprint density at radius 2 is 2.30 bits per heavy atom. The van der Waals surface area contributed by atoms with Crippen molar-refractivity contribution in [3.05, 3.63) is 34.2 Å². The molecule has 7 heteroatoms. The lowest BCUT2D eigenvalue weighted by atomic mass is 9.98. The first kappa shape index (κ1) is 15.9. The van der Waals surface area contributed by atoms with Crippen LogP contribution in [0.2, 0.25) is 0 Å². The van der Waals surface area contributed by atoms with Crippen molar-refractivity contribution in [2.24, 2.45) is 0 Å². The summed E-state index contributed by atoms with van der Waals surface area (Å²) in [6.45, 7) is 5.71. The van der Waals surface area contributed by atoms with Crippen LogP contribution in [0.4, 0.5) is 5.82 Å². The molecule has 0 aromatic carbocycles. The quantitative estimate of drug-likeness (QED) is 0.934. The molecule has 1 fully saturated rings. The first-order valence-corrected chi connectivity index (χ1v) is 8.74. The van der Waals surface area contributed by atoms with Gasteiger partial charge in [-0.2, -0.15) is 0 Å². The highest BCUT2D eigenvalue weighted by Crippen LogP contribution is 2.31. The zero-order valence-corrected chi connectivity index (χ0v) is 14.2. The zero-order chi connectivity index (χ0) is 16.4. The molecule has 0 saturated carbocycles. The molecule has 23 heavy (non-hydrogen) atoms. The van der Waals surface area contributed by atoms with Gasteiger partial charge in [0.15, 0.2) is 0 Å². The molecule has 2 N–H and O–H groups in total. The highest BCUT2D eigenvalue weighted by molar-refractivity contribution is 7.09. The largest absolute Gasteiger partial charge is 0.383 e. The average Bonchev–Trinajstić information content (AvgIpc) is 3.05. The van der Waals surface area contributed by atoms with Gasteiger partial charge >= 0.3 is 0 Å². The highest BCUT2D eigenvalue weighted by Gasteiger charge is 2.28. The van der Waals surface area contributed by atoms with Crippen molar-refractivity contribution >= 4 is 23.1 Å². The number of carbonyl (C=O) groups is 1. The van der Waals surface area contributed by atoms with Gasteiger partial charge in [-0.25, -0.2) is 15.0 Å². The van der Waals surface area contributed by atoms with Crippen molar-refractivity contribution < 1.29 is 4.79 Å². The van der Waals surface area contributed by atoms with Gasteiger partial charge in [0.05, 0.1) is 16.3 Å². The molecule has 6 nitrogen and oxygen atoms in total. The number of likely N-dealkylation sites (tertiary alicyclic amines) is 1. The number of carbonyl (C=O) groups excluding carboxylic acids is 1. The molecule has 1 saturated heterocycles. The van der Waals surface area contributed by atoms with Gasteiger partial charge in [-0.15, -0.1) is 11.3 Å². The summed E-state index contributed by atoms with van der Waals surface area (Å²) in [5.74, 6) is 0.885. The lowest BCUT2D eigenvalue weighted by Gasteiger charge is -2.32. The number of piperidine rings is 1. The Labute approximate surface area is 139 Å². The minimum atomic E-state index is -0.0894. The van der Waals surface area contributed by atoms with Gasteiger partial charge in [0.2, 0.25) is 0 Å². The van der Waals surface area contributed by atoms with Crippen LogP contribution in [0.25, 0.3) is 0 Å². The number of thiazole rings is 1. The fourth-order valence-corrected chi connectivity index (χ4v) is 3.90. The Kier molecular flexibility index (Phi) is 4.56. The van der Waals surface area contributed by atoms with E-state index in [-0.39, 0.29) is 11.7 Å². The molecule has 2 aromatic heterocycles. The predicted octanol–water partition coefficient (Wildman–Crippen LogP) is 2.66. The molecule has 0 spiro atoms. The summed E-state index contributed by atoms with van der Waals surface area (Å²) < 4.78 is 0. The van der Waals surface area contributed by atoms with Crippen LogP contribution in [0.1, 0.15) is 59.6 Å². The molecule has 1 amide bonds. The molecule has 0 aliphatic carbocycles. The molecule has 1 unspecified atom stereocenters. The molecule has 1 aliphatic heterocycles. The summed E-state index contributed by atoms with van der Waals surface area (Å²) in [7, 11) is 0. The summed E-state index contributed by atoms with van der Waals surface area (Å²) in [5, 5.41) is 3.26.